The Labute approximate surface area is 185 Å². The number of amides is 2. The number of likely N-dealkylation sites (tertiary alicyclic amines) is 2. The second-order valence-electron chi connectivity index (χ2n) is 9.27. The van der Waals surface area contributed by atoms with Crippen molar-refractivity contribution in [3.05, 3.63) is 29.3 Å². The van der Waals surface area contributed by atoms with E-state index >= 15 is 0 Å². The zero-order valence-electron chi connectivity index (χ0n) is 19.1. The number of aryl methyl sites for hydroxylation is 1. The molecular formula is C24H35N3O4. The molecule has 0 bridgehead atoms. The Morgan fingerprint density at radius 1 is 1.10 bits per heavy atom. The summed E-state index contributed by atoms with van der Waals surface area (Å²) in [6.45, 7) is 8.93. The average molecular weight is 430 g/mol. The maximum atomic E-state index is 12.3. The molecule has 4 rings (SSSR count). The molecule has 0 unspecified atom stereocenters. The van der Waals surface area contributed by atoms with Gasteiger partial charge in [0.05, 0.1) is 6.61 Å². The Morgan fingerprint density at radius 2 is 1.81 bits per heavy atom. The lowest BCUT2D eigenvalue weighted by molar-refractivity contribution is -0.116. The van der Waals surface area contributed by atoms with E-state index < -0.39 is 0 Å². The van der Waals surface area contributed by atoms with E-state index in [1.807, 2.05) is 9.80 Å². The Bertz CT molecular complexity index is 811. The molecule has 0 radical (unpaired) electrons. The van der Waals surface area contributed by atoms with Crippen molar-refractivity contribution in [3.8, 4) is 0 Å². The number of anilines is 1. The minimum Gasteiger partial charge on any atom is -0.447 e. The predicted octanol–water partition coefficient (Wildman–Crippen LogP) is 2.94. The van der Waals surface area contributed by atoms with Crippen LogP contribution in [0.4, 0.5) is 10.5 Å². The van der Waals surface area contributed by atoms with Gasteiger partial charge in [-0.25, -0.2) is 4.79 Å². The minimum absolute atomic E-state index is 0.0788. The number of piperidine rings is 2. The summed E-state index contributed by atoms with van der Waals surface area (Å²) in [5.74, 6) is 0.133. The number of fused-ring (bicyclic) bond motifs is 2. The van der Waals surface area contributed by atoms with Crippen LogP contribution in [-0.2, 0) is 19.7 Å². The third-order valence-electron chi connectivity index (χ3n) is 7.36. The number of benzene rings is 1. The molecule has 0 saturated carbocycles. The van der Waals surface area contributed by atoms with E-state index in [2.05, 4.69) is 30.0 Å². The number of carbonyl (C=O) groups is 2. The fourth-order valence-electron chi connectivity index (χ4n) is 5.53. The van der Waals surface area contributed by atoms with E-state index in [0.717, 1.165) is 64.1 Å². The van der Waals surface area contributed by atoms with E-state index in [9.17, 15) is 9.59 Å². The average Bonchev–Trinajstić information content (AvgIpc) is 3.08. The molecule has 1 aromatic carbocycles. The highest BCUT2D eigenvalue weighted by Crippen LogP contribution is 2.47. The normalized spacial score (nSPS) is 21.4. The van der Waals surface area contributed by atoms with Gasteiger partial charge in [-0.05, 0) is 57.3 Å². The lowest BCUT2D eigenvalue weighted by Gasteiger charge is -2.45. The number of carbonyl (C=O) groups excluding carboxylic acids is 2. The first-order chi connectivity index (χ1) is 14.9. The van der Waals surface area contributed by atoms with Gasteiger partial charge >= 0.3 is 6.09 Å². The van der Waals surface area contributed by atoms with Crippen molar-refractivity contribution in [2.75, 3.05) is 57.9 Å². The van der Waals surface area contributed by atoms with Gasteiger partial charge in [-0.1, -0.05) is 17.7 Å². The summed E-state index contributed by atoms with van der Waals surface area (Å²) in [7, 11) is 1.60. The van der Waals surface area contributed by atoms with Crippen LogP contribution < -0.4 is 4.90 Å². The molecule has 3 aliphatic heterocycles. The first-order valence-corrected chi connectivity index (χ1v) is 11.5. The molecule has 2 saturated heterocycles. The van der Waals surface area contributed by atoms with Crippen molar-refractivity contribution in [2.24, 2.45) is 0 Å². The molecule has 1 aromatic rings. The molecule has 3 aliphatic rings. The van der Waals surface area contributed by atoms with Gasteiger partial charge in [-0.2, -0.15) is 0 Å². The van der Waals surface area contributed by atoms with Crippen LogP contribution in [-0.4, -0.2) is 80.9 Å². The van der Waals surface area contributed by atoms with Gasteiger partial charge in [0, 0.05) is 50.8 Å². The Hall–Kier alpha value is -2.12. The van der Waals surface area contributed by atoms with E-state index in [1.54, 1.807) is 14.0 Å². The summed E-state index contributed by atoms with van der Waals surface area (Å²) < 4.78 is 10.2. The topological polar surface area (TPSA) is 62.3 Å². The van der Waals surface area contributed by atoms with Crippen LogP contribution in [0.2, 0.25) is 0 Å². The summed E-state index contributed by atoms with van der Waals surface area (Å²) in [6.07, 6.45) is 3.90. The third kappa shape index (κ3) is 4.44. The summed E-state index contributed by atoms with van der Waals surface area (Å²) in [6, 6.07) is 7.04. The van der Waals surface area contributed by atoms with Gasteiger partial charge < -0.3 is 24.2 Å². The second kappa shape index (κ2) is 9.17. The zero-order valence-corrected chi connectivity index (χ0v) is 19.1. The van der Waals surface area contributed by atoms with E-state index in [0.29, 0.717) is 19.3 Å². The molecule has 3 heterocycles. The lowest BCUT2D eigenvalue weighted by Crippen LogP contribution is -2.52. The van der Waals surface area contributed by atoms with E-state index in [4.69, 9.17) is 9.47 Å². The van der Waals surface area contributed by atoms with Crippen LogP contribution in [0.3, 0.4) is 0 Å². The van der Waals surface area contributed by atoms with Crippen LogP contribution in [0.15, 0.2) is 18.2 Å². The monoisotopic (exact) mass is 429 g/mol. The molecule has 0 atom stereocenters. The standard InChI is InChI=1S/C24H35N3O4/c1-18-4-5-22-21(16-18)24(17-27(22)19(2)28)8-12-25(13-9-24)20-6-10-26(11-7-20)23(29)31-15-14-30-3/h4-5,16,20H,6-15,17H2,1-3H3. The highest BCUT2D eigenvalue weighted by atomic mass is 16.6. The van der Waals surface area contributed by atoms with Crippen LogP contribution in [0, 0.1) is 6.92 Å². The largest absolute Gasteiger partial charge is 0.447 e. The Balaban J connectivity index is 1.34. The van der Waals surface area contributed by atoms with Crippen LogP contribution >= 0.6 is 0 Å². The number of hydrogen-bond donors (Lipinski definition) is 0. The summed E-state index contributed by atoms with van der Waals surface area (Å²) in [5.41, 5.74) is 3.80. The molecule has 2 amide bonds. The van der Waals surface area contributed by atoms with Gasteiger partial charge in [0.1, 0.15) is 6.61 Å². The van der Waals surface area contributed by atoms with E-state index in [-0.39, 0.29) is 17.4 Å². The highest BCUT2D eigenvalue weighted by molar-refractivity contribution is 5.94. The minimum atomic E-state index is -0.227. The van der Waals surface area contributed by atoms with Crippen molar-refractivity contribution in [2.45, 2.75) is 51.0 Å². The quantitative estimate of drug-likeness (QED) is 0.689. The van der Waals surface area contributed by atoms with Gasteiger partial charge in [0.15, 0.2) is 0 Å². The van der Waals surface area contributed by atoms with Gasteiger partial charge in [0.2, 0.25) is 5.91 Å². The second-order valence-corrected chi connectivity index (χ2v) is 9.27. The molecule has 0 aliphatic carbocycles. The van der Waals surface area contributed by atoms with Crippen molar-refractivity contribution >= 4 is 17.7 Å². The fourth-order valence-corrected chi connectivity index (χ4v) is 5.53. The number of hydrogen-bond acceptors (Lipinski definition) is 5. The maximum Gasteiger partial charge on any atom is 0.409 e. The zero-order chi connectivity index (χ0) is 22.0. The first kappa shape index (κ1) is 22.1. The SMILES string of the molecule is COCCOC(=O)N1CCC(N2CCC3(CC2)CN(C(C)=O)c2ccc(C)cc23)CC1. The van der Waals surface area contributed by atoms with Crippen molar-refractivity contribution < 1.29 is 19.1 Å². The summed E-state index contributed by atoms with van der Waals surface area (Å²) >= 11 is 0. The Morgan fingerprint density at radius 3 is 2.45 bits per heavy atom. The molecular weight excluding hydrogens is 394 g/mol. The van der Waals surface area contributed by atoms with Crippen LogP contribution in [0.25, 0.3) is 0 Å². The Kier molecular flexibility index (Phi) is 6.53. The van der Waals surface area contributed by atoms with Crippen molar-refractivity contribution in [1.29, 1.82) is 0 Å². The molecule has 7 nitrogen and oxygen atoms in total. The number of rotatable bonds is 4. The smallest absolute Gasteiger partial charge is 0.409 e. The highest BCUT2D eigenvalue weighted by Gasteiger charge is 2.46. The molecule has 1 spiro atoms. The molecule has 7 heteroatoms. The predicted molar refractivity (Wildman–Crippen MR) is 120 cm³/mol. The van der Waals surface area contributed by atoms with Gasteiger partial charge in [-0.15, -0.1) is 0 Å². The van der Waals surface area contributed by atoms with E-state index in [1.165, 1.54) is 11.1 Å². The summed E-state index contributed by atoms with van der Waals surface area (Å²) in [5, 5.41) is 0. The molecule has 31 heavy (non-hydrogen) atoms. The number of methoxy groups -OCH3 is 1. The van der Waals surface area contributed by atoms with Crippen molar-refractivity contribution in [3.63, 3.8) is 0 Å². The molecule has 170 valence electrons. The fraction of sp³-hybridized carbons (Fsp3) is 0.667. The lowest BCUT2D eigenvalue weighted by atomic mass is 9.73. The molecule has 0 N–H and O–H groups in total. The van der Waals surface area contributed by atoms with Crippen LogP contribution in [0.5, 0.6) is 0 Å². The maximum absolute atomic E-state index is 12.3. The summed E-state index contributed by atoms with van der Waals surface area (Å²) in [4.78, 5) is 30.8. The van der Waals surface area contributed by atoms with Crippen LogP contribution in [0.1, 0.15) is 43.7 Å². The molecule has 2 fully saturated rings. The number of ether oxygens (including phenoxy) is 2. The first-order valence-electron chi connectivity index (χ1n) is 11.5. The van der Waals surface area contributed by atoms with Crippen molar-refractivity contribution in [1.82, 2.24) is 9.80 Å². The molecule has 0 aromatic heterocycles. The third-order valence-corrected chi connectivity index (χ3v) is 7.36. The van der Waals surface area contributed by atoms with Gasteiger partial charge in [0.25, 0.3) is 0 Å². The van der Waals surface area contributed by atoms with Gasteiger partial charge in [-0.3, -0.25) is 4.79 Å². The number of nitrogens with zero attached hydrogens (tertiary/aromatic N) is 3.